The van der Waals surface area contributed by atoms with E-state index in [9.17, 15) is 4.79 Å². The lowest BCUT2D eigenvalue weighted by Gasteiger charge is -1.99. The minimum absolute atomic E-state index is 0.0361. The maximum atomic E-state index is 11.0. The van der Waals surface area contributed by atoms with E-state index < -0.39 is 0 Å². The number of unbranched alkanes of at least 4 members (excludes halogenated alkanes) is 3. The molecule has 2 nitrogen and oxygen atoms in total. The molecule has 2 atom stereocenters. The van der Waals surface area contributed by atoms with Crippen molar-refractivity contribution in [1.29, 1.82) is 0 Å². The van der Waals surface area contributed by atoms with E-state index in [0.29, 0.717) is 12.3 Å². The molecule has 0 aromatic heterocycles. The van der Waals surface area contributed by atoms with Gasteiger partial charge in [0, 0.05) is 6.42 Å². The second-order valence-corrected chi connectivity index (χ2v) is 4.39. The second-order valence-electron chi connectivity index (χ2n) is 4.39. The van der Waals surface area contributed by atoms with Crippen LogP contribution in [0.3, 0.4) is 0 Å². The Bertz CT molecular complexity index is 177. The van der Waals surface area contributed by atoms with Crippen molar-refractivity contribution in [3.8, 4) is 0 Å². The van der Waals surface area contributed by atoms with Gasteiger partial charge in [0.25, 0.3) is 0 Å². The summed E-state index contributed by atoms with van der Waals surface area (Å²) in [5.74, 6) is 1.43. The zero-order valence-electron chi connectivity index (χ0n) is 9.42. The molecule has 82 valence electrons. The zero-order valence-corrected chi connectivity index (χ0v) is 9.42. The van der Waals surface area contributed by atoms with E-state index in [1.54, 1.807) is 0 Å². The molecule has 1 rings (SSSR count). The van der Waals surface area contributed by atoms with Crippen molar-refractivity contribution in [2.24, 2.45) is 11.8 Å². The number of carbonyl (C=O) groups excluding carboxylic acids is 1. The molecule has 1 aliphatic carbocycles. The molecule has 2 heteroatoms. The smallest absolute Gasteiger partial charge is 0.305 e. The number of esters is 1. The highest BCUT2D eigenvalue weighted by atomic mass is 16.5. The summed E-state index contributed by atoms with van der Waals surface area (Å²) in [6, 6.07) is 0. The maximum Gasteiger partial charge on any atom is 0.305 e. The molecule has 0 heterocycles. The van der Waals surface area contributed by atoms with E-state index >= 15 is 0 Å². The third-order valence-electron chi connectivity index (χ3n) is 3.15. The molecule has 1 saturated carbocycles. The molecule has 0 N–H and O–H groups in total. The molecule has 0 amide bonds. The van der Waals surface area contributed by atoms with Crippen LogP contribution in [0.15, 0.2) is 0 Å². The number of hydrogen-bond acceptors (Lipinski definition) is 2. The van der Waals surface area contributed by atoms with Crippen LogP contribution >= 0.6 is 0 Å². The van der Waals surface area contributed by atoms with Gasteiger partial charge in [-0.25, -0.2) is 0 Å². The van der Waals surface area contributed by atoms with Gasteiger partial charge in [-0.05, 0) is 18.3 Å². The van der Waals surface area contributed by atoms with Crippen molar-refractivity contribution >= 4 is 5.97 Å². The molecule has 0 bridgehead atoms. The Morgan fingerprint density at radius 3 is 2.71 bits per heavy atom. The summed E-state index contributed by atoms with van der Waals surface area (Å²) >= 11 is 0. The first kappa shape index (κ1) is 11.5. The van der Waals surface area contributed by atoms with Gasteiger partial charge >= 0.3 is 5.97 Å². The van der Waals surface area contributed by atoms with Gasteiger partial charge in [0.05, 0.1) is 7.11 Å². The minimum Gasteiger partial charge on any atom is -0.469 e. The normalized spacial score (nSPS) is 24.7. The molecule has 1 fully saturated rings. The summed E-state index contributed by atoms with van der Waals surface area (Å²) in [6.45, 7) is 2.23. The van der Waals surface area contributed by atoms with Crippen molar-refractivity contribution in [2.75, 3.05) is 7.11 Å². The standard InChI is InChI=1S/C12H22O2/c1-3-4-5-6-7-10-8-11(10)9-12(13)14-2/h10-11H,3-9H2,1-2H3/t10-,11-/m1/s1. The SMILES string of the molecule is CCCCCC[C@@H]1C[C@@H]1CC(=O)OC. The maximum absolute atomic E-state index is 11.0. The van der Waals surface area contributed by atoms with Gasteiger partial charge < -0.3 is 4.74 Å². The van der Waals surface area contributed by atoms with E-state index in [4.69, 9.17) is 0 Å². The van der Waals surface area contributed by atoms with Crippen LogP contribution < -0.4 is 0 Å². The Labute approximate surface area is 87.0 Å². The minimum atomic E-state index is -0.0361. The average molecular weight is 198 g/mol. The third kappa shape index (κ3) is 4.12. The number of carbonyl (C=O) groups is 1. The van der Waals surface area contributed by atoms with Crippen LogP contribution in [0, 0.1) is 11.8 Å². The summed E-state index contributed by atoms with van der Waals surface area (Å²) < 4.78 is 4.65. The Kier molecular flexibility index (Phi) is 4.99. The Balaban J connectivity index is 1.95. The van der Waals surface area contributed by atoms with Gasteiger partial charge in [0.2, 0.25) is 0 Å². The summed E-state index contributed by atoms with van der Waals surface area (Å²) in [7, 11) is 1.47. The molecule has 0 saturated heterocycles. The van der Waals surface area contributed by atoms with Crippen molar-refractivity contribution in [3.05, 3.63) is 0 Å². The number of rotatable bonds is 7. The first-order chi connectivity index (χ1) is 6.77. The van der Waals surface area contributed by atoms with Crippen molar-refractivity contribution in [2.45, 2.75) is 51.9 Å². The number of methoxy groups -OCH3 is 1. The predicted molar refractivity (Wildman–Crippen MR) is 57.0 cm³/mol. The molecule has 0 unspecified atom stereocenters. The summed E-state index contributed by atoms with van der Waals surface area (Å²) in [6.07, 6.45) is 8.58. The van der Waals surface area contributed by atoms with Crippen LogP contribution in [0.25, 0.3) is 0 Å². The topological polar surface area (TPSA) is 26.3 Å². The van der Waals surface area contributed by atoms with Gasteiger partial charge in [0.15, 0.2) is 0 Å². The quantitative estimate of drug-likeness (QED) is 0.464. The Hall–Kier alpha value is -0.530. The van der Waals surface area contributed by atoms with Gasteiger partial charge in [-0.2, -0.15) is 0 Å². The predicted octanol–water partition coefficient (Wildman–Crippen LogP) is 3.16. The largest absolute Gasteiger partial charge is 0.469 e. The fraction of sp³-hybridized carbons (Fsp3) is 0.917. The molecule has 0 aromatic rings. The molecular weight excluding hydrogens is 176 g/mol. The van der Waals surface area contributed by atoms with Gasteiger partial charge in [-0.15, -0.1) is 0 Å². The molecular formula is C12H22O2. The summed E-state index contributed by atoms with van der Waals surface area (Å²) in [4.78, 5) is 11.0. The summed E-state index contributed by atoms with van der Waals surface area (Å²) in [5.41, 5.74) is 0. The lowest BCUT2D eigenvalue weighted by Crippen LogP contribution is -2.01. The first-order valence-corrected chi connectivity index (χ1v) is 5.84. The van der Waals surface area contributed by atoms with Gasteiger partial charge in [-0.3, -0.25) is 4.79 Å². The highest BCUT2D eigenvalue weighted by Gasteiger charge is 2.37. The van der Waals surface area contributed by atoms with Gasteiger partial charge in [0.1, 0.15) is 0 Å². The highest BCUT2D eigenvalue weighted by molar-refractivity contribution is 5.69. The molecule has 0 radical (unpaired) electrons. The molecule has 0 aliphatic heterocycles. The Morgan fingerprint density at radius 2 is 2.07 bits per heavy atom. The van der Waals surface area contributed by atoms with Crippen LogP contribution in [-0.4, -0.2) is 13.1 Å². The van der Waals surface area contributed by atoms with E-state index in [1.807, 2.05) is 0 Å². The highest BCUT2D eigenvalue weighted by Crippen LogP contribution is 2.44. The molecule has 0 aromatic carbocycles. The number of hydrogen-bond donors (Lipinski definition) is 0. The monoisotopic (exact) mass is 198 g/mol. The van der Waals surface area contributed by atoms with Gasteiger partial charge in [-0.1, -0.05) is 39.0 Å². The van der Waals surface area contributed by atoms with Crippen LogP contribution in [-0.2, 0) is 9.53 Å². The fourth-order valence-electron chi connectivity index (χ4n) is 2.04. The van der Waals surface area contributed by atoms with Crippen LogP contribution in [0.1, 0.15) is 51.9 Å². The lowest BCUT2D eigenvalue weighted by molar-refractivity contribution is -0.141. The van der Waals surface area contributed by atoms with Crippen LogP contribution in [0.4, 0.5) is 0 Å². The van der Waals surface area contributed by atoms with Crippen molar-refractivity contribution in [1.82, 2.24) is 0 Å². The molecule has 1 aliphatic rings. The third-order valence-corrected chi connectivity index (χ3v) is 3.15. The Morgan fingerprint density at radius 1 is 1.29 bits per heavy atom. The van der Waals surface area contributed by atoms with E-state index in [-0.39, 0.29) is 5.97 Å². The zero-order chi connectivity index (χ0) is 10.4. The average Bonchev–Trinajstić information content (AvgIpc) is 2.91. The van der Waals surface area contributed by atoms with Crippen LogP contribution in [0.5, 0.6) is 0 Å². The second kappa shape index (κ2) is 6.05. The fourth-order valence-corrected chi connectivity index (χ4v) is 2.04. The van der Waals surface area contributed by atoms with E-state index in [0.717, 1.165) is 5.92 Å². The van der Waals surface area contributed by atoms with Crippen LogP contribution in [0.2, 0.25) is 0 Å². The van der Waals surface area contributed by atoms with E-state index in [1.165, 1.54) is 45.6 Å². The molecule has 14 heavy (non-hydrogen) atoms. The van der Waals surface area contributed by atoms with Crippen molar-refractivity contribution in [3.63, 3.8) is 0 Å². The lowest BCUT2D eigenvalue weighted by atomic mass is 10.1. The molecule has 0 spiro atoms. The number of ether oxygens (including phenoxy) is 1. The first-order valence-electron chi connectivity index (χ1n) is 5.84. The van der Waals surface area contributed by atoms with Crippen molar-refractivity contribution < 1.29 is 9.53 Å². The summed E-state index contributed by atoms with van der Waals surface area (Å²) in [5, 5.41) is 0. The van der Waals surface area contributed by atoms with E-state index in [2.05, 4.69) is 11.7 Å².